The van der Waals surface area contributed by atoms with Crippen LogP contribution in [-0.2, 0) is 12.5 Å². The third-order valence-electron chi connectivity index (χ3n) is 10.5. The fourth-order valence-electron chi connectivity index (χ4n) is 7.01. The van der Waals surface area contributed by atoms with E-state index in [-0.39, 0.29) is 22.7 Å². The molecule has 0 aliphatic rings. The number of imidazole rings is 1. The maximum absolute atomic E-state index is 13.3. The van der Waals surface area contributed by atoms with Crippen LogP contribution >= 0.6 is 0 Å². The first-order valence-corrected chi connectivity index (χ1v) is 18.7. The fourth-order valence-corrected chi connectivity index (χ4v) is 7.01. The Morgan fingerprint density at radius 1 is 0.474 bits per heavy atom. The molecular weight excluding hydrogens is 709 g/mol. The number of benzene rings is 7. The van der Waals surface area contributed by atoms with Gasteiger partial charge in [-0.1, -0.05) is 80.1 Å². The van der Waals surface area contributed by atoms with Crippen LogP contribution in [0.4, 0.5) is 0 Å². The average molecular weight is 749 g/mol. The molecule has 0 saturated carbocycles. The van der Waals surface area contributed by atoms with Crippen molar-refractivity contribution in [3.8, 4) is 28.7 Å². The van der Waals surface area contributed by atoms with Crippen LogP contribution in [0.2, 0.25) is 0 Å². The van der Waals surface area contributed by atoms with Gasteiger partial charge in [-0.15, -0.1) is 0 Å². The number of aryl methyl sites for hydroxylation is 2. The number of ketones is 2. The molecule has 0 bridgehead atoms. The quantitative estimate of drug-likeness (QED) is 0.123. The SMILES string of the molecule is Cc1ccc(C(=O)c2ccc(Oc3ccc(C(C)(C)c4ccc(Oc5ccc(C(=O)c6ccc(-n7c(=O)n(C)c8ccccc87)cc6)cc5)cc4)cc3)cc2)cc1. The minimum absolute atomic E-state index is 0.0197. The molecule has 280 valence electrons. The van der Waals surface area contributed by atoms with Crippen LogP contribution in [0.5, 0.6) is 23.0 Å². The van der Waals surface area contributed by atoms with Crippen molar-refractivity contribution in [1.29, 1.82) is 0 Å². The largest absolute Gasteiger partial charge is 0.457 e. The van der Waals surface area contributed by atoms with Gasteiger partial charge in [-0.05, 0) is 127 Å². The van der Waals surface area contributed by atoms with Crippen molar-refractivity contribution in [1.82, 2.24) is 9.13 Å². The van der Waals surface area contributed by atoms with E-state index in [4.69, 9.17) is 9.47 Å². The first kappa shape index (κ1) is 36.7. The van der Waals surface area contributed by atoms with Crippen LogP contribution in [0.25, 0.3) is 16.7 Å². The molecule has 1 heterocycles. The second kappa shape index (κ2) is 15.1. The molecule has 7 nitrogen and oxygen atoms in total. The summed E-state index contributed by atoms with van der Waals surface area (Å²) in [5.74, 6) is 2.52. The van der Waals surface area contributed by atoms with Gasteiger partial charge in [-0.3, -0.25) is 18.7 Å². The number of para-hydroxylation sites is 2. The molecule has 7 aromatic carbocycles. The highest BCUT2D eigenvalue weighted by molar-refractivity contribution is 6.09. The van der Waals surface area contributed by atoms with Crippen molar-refractivity contribution in [3.05, 3.63) is 219 Å². The van der Waals surface area contributed by atoms with Crippen molar-refractivity contribution >= 4 is 22.6 Å². The number of fused-ring (bicyclic) bond motifs is 1. The van der Waals surface area contributed by atoms with Gasteiger partial charge in [0.15, 0.2) is 11.6 Å². The average Bonchev–Trinajstić information content (AvgIpc) is 3.50. The Bertz CT molecular complexity index is 2780. The maximum atomic E-state index is 13.3. The molecule has 0 aliphatic carbocycles. The summed E-state index contributed by atoms with van der Waals surface area (Å²) < 4.78 is 15.5. The van der Waals surface area contributed by atoms with Gasteiger partial charge in [0.25, 0.3) is 0 Å². The van der Waals surface area contributed by atoms with E-state index in [2.05, 4.69) is 38.1 Å². The first-order valence-electron chi connectivity index (χ1n) is 18.7. The number of carbonyl (C=O) groups is 2. The third-order valence-corrected chi connectivity index (χ3v) is 10.5. The van der Waals surface area contributed by atoms with Gasteiger partial charge in [0.2, 0.25) is 0 Å². The minimum Gasteiger partial charge on any atom is -0.457 e. The van der Waals surface area contributed by atoms with Gasteiger partial charge in [0, 0.05) is 34.7 Å². The van der Waals surface area contributed by atoms with Crippen LogP contribution in [0, 0.1) is 6.92 Å². The predicted octanol–water partition coefficient (Wildman–Crippen LogP) is 11.0. The zero-order chi connectivity index (χ0) is 39.7. The molecule has 0 saturated heterocycles. The second-order valence-corrected chi connectivity index (χ2v) is 14.7. The van der Waals surface area contributed by atoms with Gasteiger partial charge in [0.1, 0.15) is 23.0 Å². The molecule has 0 spiro atoms. The Balaban J connectivity index is 0.878. The summed E-state index contributed by atoms with van der Waals surface area (Å²) in [7, 11) is 1.75. The molecule has 7 heteroatoms. The fraction of sp³-hybridized carbons (Fsp3) is 0.100. The van der Waals surface area contributed by atoms with Gasteiger partial charge in [0.05, 0.1) is 16.7 Å². The Morgan fingerprint density at radius 2 is 0.825 bits per heavy atom. The molecule has 0 aliphatic heterocycles. The van der Waals surface area contributed by atoms with Crippen molar-refractivity contribution in [2.45, 2.75) is 26.2 Å². The van der Waals surface area contributed by atoms with E-state index in [1.807, 2.05) is 91.9 Å². The minimum atomic E-state index is -0.292. The van der Waals surface area contributed by atoms with Gasteiger partial charge >= 0.3 is 5.69 Å². The standard InChI is InChI=1S/C50H40N2O5/c1-33-9-11-34(12-10-33)47(53)36-15-25-41(26-16-36)56-43-29-19-38(20-30-43)50(2,3)39-21-31-44(32-22-39)57-42-27-17-37(18-28-42)48(54)35-13-23-40(24-14-35)52-46-8-6-5-7-45(46)51(4)49(52)55/h5-32H,1-4H3. The molecule has 8 rings (SSSR count). The molecule has 0 atom stereocenters. The number of hydrogen-bond acceptors (Lipinski definition) is 5. The summed E-state index contributed by atoms with van der Waals surface area (Å²) >= 11 is 0. The molecule has 0 fully saturated rings. The Kier molecular flexibility index (Phi) is 9.74. The molecule has 0 amide bonds. The van der Waals surface area contributed by atoms with E-state index in [1.54, 1.807) is 76.8 Å². The maximum Gasteiger partial charge on any atom is 0.333 e. The Hall–Kier alpha value is -7.25. The Labute approximate surface area is 331 Å². The van der Waals surface area contributed by atoms with Crippen molar-refractivity contribution in [3.63, 3.8) is 0 Å². The van der Waals surface area contributed by atoms with Crippen molar-refractivity contribution in [2.75, 3.05) is 0 Å². The van der Waals surface area contributed by atoms with Gasteiger partial charge < -0.3 is 9.47 Å². The van der Waals surface area contributed by atoms with Gasteiger partial charge in [-0.2, -0.15) is 0 Å². The van der Waals surface area contributed by atoms with Crippen LogP contribution in [-0.4, -0.2) is 20.7 Å². The topological polar surface area (TPSA) is 79.5 Å². The number of rotatable bonds is 11. The Morgan fingerprint density at radius 3 is 1.25 bits per heavy atom. The van der Waals surface area contributed by atoms with Crippen LogP contribution in [0.3, 0.4) is 0 Å². The zero-order valence-electron chi connectivity index (χ0n) is 32.1. The zero-order valence-corrected chi connectivity index (χ0v) is 32.1. The normalized spacial score (nSPS) is 11.4. The highest BCUT2D eigenvalue weighted by atomic mass is 16.5. The summed E-state index contributed by atoms with van der Waals surface area (Å²) in [6.07, 6.45) is 0. The number of hydrogen-bond donors (Lipinski definition) is 0. The number of carbonyl (C=O) groups excluding carboxylic acids is 2. The lowest BCUT2D eigenvalue weighted by Crippen LogP contribution is -2.20. The smallest absolute Gasteiger partial charge is 0.333 e. The van der Waals surface area contributed by atoms with E-state index in [9.17, 15) is 14.4 Å². The van der Waals surface area contributed by atoms with Crippen LogP contribution in [0.15, 0.2) is 175 Å². The van der Waals surface area contributed by atoms with Gasteiger partial charge in [-0.25, -0.2) is 4.79 Å². The number of aromatic nitrogens is 2. The third kappa shape index (κ3) is 7.43. The number of nitrogens with zero attached hydrogens (tertiary/aromatic N) is 2. The molecule has 1 aromatic heterocycles. The lowest BCUT2D eigenvalue weighted by Gasteiger charge is -2.26. The molecule has 0 N–H and O–H groups in total. The summed E-state index contributed by atoms with van der Waals surface area (Å²) in [6, 6.07) is 52.7. The lowest BCUT2D eigenvalue weighted by atomic mass is 9.78. The molecule has 8 aromatic rings. The van der Waals surface area contributed by atoms with Crippen LogP contribution < -0.4 is 15.2 Å². The monoisotopic (exact) mass is 748 g/mol. The highest BCUT2D eigenvalue weighted by Crippen LogP contribution is 2.35. The highest BCUT2D eigenvalue weighted by Gasteiger charge is 2.23. The van der Waals surface area contributed by atoms with Crippen LogP contribution in [0.1, 0.15) is 62.4 Å². The molecule has 57 heavy (non-hydrogen) atoms. The number of ether oxygens (including phenoxy) is 2. The van der Waals surface area contributed by atoms with E-state index >= 15 is 0 Å². The summed E-state index contributed by atoms with van der Waals surface area (Å²) in [5.41, 5.74) is 7.61. The van der Waals surface area contributed by atoms with E-state index in [0.29, 0.717) is 50.9 Å². The van der Waals surface area contributed by atoms with E-state index < -0.39 is 0 Å². The lowest BCUT2D eigenvalue weighted by molar-refractivity contribution is 0.103. The summed E-state index contributed by atoms with van der Waals surface area (Å²) in [6.45, 7) is 6.35. The summed E-state index contributed by atoms with van der Waals surface area (Å²) in [4.78, 5) is 39.2. The van der Waals surface area contributed by atoms with E-state index in [1.165, 1.54) is 0 Å². The summed E-state index contributed by atoms with van der Waals surface area (Å²) in [5, 5.41) is 0. The molecule has 0 unspecified atom stereocenters. The van der Waals surface area contributed by atoms with Crippen molar-refractivity contribution in [2.24, 2.45) is 7.05 Å². The predicted molar refractivity (Wildman–Crippen MR) is 225 cm³/mol. The van der Waals surface area contributed by atoms with Crippen molar-refractivity contribution < 1.29 is 19.1 Å². The molecule has 0 radical (unpaired) electrons. The molecular formula is C50H40N2O5. The second-order valence-electron chi connectivity index (χ2n) is 14.7. The first-order chi connectivity index (χ1) is 27.5. The van der Waals surface area contributed by atoms with E-state index in [0.717, 1.165) is 27.7 Å².